The molecule has 4 N–H and O–H groups in total. The van der Waals surface area contributed by atoms with E-state index in [2.05, 4.69) is 0 Å². The number of hydrogen-bond donors (Lipinski definition) is 4. The molecule has 4 rings (SSSR count). The van der Waals surface area contributed by atoms with E-state index in [0.717, 1.165) is 18.3 Å². The lowest BCUT2D eigenvalue weighted by molar-refractivity contribution is -0.139. The molecule has 0 unspecified atom stereocenters. The molecular formula is C18H14O7S. The van der Waals surface area contributed by atoms with E-state index in [-0.39, 0.29) is 45.5 Å². The maximum Gasteiger partial charge on any atom is 0.208 e. The second-order valence-corrected chi connectivity index (χ2v) is 7.56. The Kier molecular flexibility index (Phi) is 3.40. The van der Waals surface area contributed by atoms with Gasteiger partial charge in [-0.3, -0.25) is 14.4 Å². The summed E-state index contributed by atoms with van der Waals surface area (Å²) >= 11 is 1.04. The maximum absolute atomic E-state index is 12.7. The van der Waals surface area contributed by atoms with Crippen molar-refractivity contribution in [3.63, 3.8) is 0 Å². The number of hydrogen-bond acceptors (Lipinski definition) is 8. The number of aromatic hydroxyl groups is 2. The van der Waals surface area contributed by atoms with Crippen molar-refractivity contribution in [1.82, 2.24) is 0 Å². The Morgan fingerprint density at radius 3 is 2.50 bits per heavy atom. The van der Waals surface area contributed by atoms with E-state index in [1.807, 2.05) is 0 Å². The van der Waals surface area contributed by atoms with Crippen molar-refractivity contribution < 1.29 is 34.8 Å². The highest BCUT2D eigenvalue weighted by Crippen LogP contribution is 2.50. The van der Waals surface area contributed by atoms with Crippen LogP contribution in [-0.2, 0) is 11.2 Å². The largest absolute Gasteiger partial charge is 0.507 e. The zero-order chi connectivity index (χ0) is 19.0. The van der Waals surface area contributed by atoms with Gasteiger partial charge in [-0.05, 0) is 18.4 Å². The molecule has 0 amide bonds. The lowest BCUT2D eigenvalue weighted by Crippen LogP contribution is -2.44. The van der Waals surface area contributed by atoms with Gasteiger partial charge in [0.25, 0.3) is 0 Å². The summed E-state index contributed by atoms with van der Waals surface area (Å²) in [7, 11) is 0. The average Bonchev–Trinajstić information content (AvgIpc) is 3.05. The third kappa shape index (κ3) is 1.97. The monoisotopic (exact) mass is 374 g/mol. The van der Waals surface area contributed by atoms with Crippen LogP contribution in [0.15, 0.2) is 11.4 Å². The Bertz CT molecular complexity index is 1020. The average molecular weight is 374 g/mol. The molecule has 0 saturated carbocycles. The van der Waals surface area contributed by atoms with Gasteiger partial charge in [0.1, 0.15) is 17.1 Å². The van der Waals surface area contributed by atoms with Gasteiger partial charge in [0, 0.05) is 29.5 Å². The Morgan fingerprint density at radius 2 is 1.85 bits per heavy atom. The number of aliphatic hydroxyl groups is 2. The van der Waals surface area contributed by atoms with E-state index in [4.69, 9.17) is 0 Å². The molecule has 2 aliphatic carbocycles. The minimum absolute atomic E-state index is 0.0983. The molecule has 26 heavy (non-hydrogen) atoms. The fourth-order valence-electron chi connectivity index (χ4n) is 3.74. The van der Waals surface area contributed by atoms with Crippen LogP contribution < -0.4 is 0 Å². The van der Waals surface area contributed by atoms with Crippen molar-refractivity contribution in [2.45, 2.75) is 31.5 Å². The first-order valence-electron chi connectivity index (χ1n) is 7.86. The van der Waals surface area contributed by atoms with Crippen molar-refractivity contribution in [3.8, 4) is 11.5 Å². The van der Waals surface area contributed by atoms with Gasteiger partial charge in [0.05, 0.1) is 22.1 Å². The fraction of sp³-hybridized carbons (Fsp3) is 0.278. The lowest BCUT2D eigenvalue weighted by Gasteiger charge is -2.36. The van der Waals surface area contributed by atoms with Crippen LogP contribution in [0.4, 0.5) is 0 Å². The molecule has 7 nitrogen and oxygen atoms in total. The Morgan fingerprint density at radius 1 is 1.19 bits per heavy atom. The summed E-state index contributed by atoms with van der Waals surface area (Å²) in [5.41, 5.74) is -2.75. The van der Waals surface area contributed by atoms with Crippen LogP contribution in [0, 0.1) is 0 Å². The molecule has 0 saturated heterocycles. The van der Waals surface area contributed by atoms with Crippen molar-refractivity contribution in [3.05, 3.63) is 44.1 Å². The summed E-state index contributed by atoms with van der Waals surface area (Å²) < 4.78 is 0. The minimum Gasteiger partial charge on any atom is -0.507 e. The first-order chi connectivity index (χ1) is 12.2. The number of ketones is 3. The quantitative estimate of drug-likeness (QED) is 0.471. The molecule has 0 bridgehead atoms. The highest BCUT2D eigenvalue weighted by molar-refractivity contribution is 7.12. The van der Waals surface area contributed by atoms with Crippen molar-refractivity contribution in [2.24, 2.45) is 0 Å². The number of fused-ring (bicyclic) bond motifs is 3. The Balaban J connectivity index is 2.03. The number of thiophene rings is 1. The number of phenolic OH excluding ortho intramolecular Hbond substituents is 2. The molecule has 1 aromatic heterocycles. The molecular weight excluding hydrogens is 360 g/mol. The highest BCUT2D eigenvalue weighted by Gasteiger charge is 2.47. The molecule has 0 spiro atoms. The van der Waals surface area contributed by atoms with E-state index in [1.165, 1.54) is 6.07 Å². The summed E-state index contributed by atoms with van der Waals surface area (Å²) in [5.74, 6) is -3.04. The van der Waals surface area contributed by atoms with Gasteiger partial charge in [0.15, 0.2) is 11.6 Å². The number of Topliss-reactive ketones (excluding diaryl/α,β-unsaturated/α-hetero) is 1. The van der Waals surface area contributed by atoms with Gasteiger partial charge >= 0.3 is 0 Å². The predicted octanol–water partition coefficient (Wildman–Crippen LogP) is 1.23. The van der Waals surface area contributed by atoms with E-state index in [9.17, 15) is 34.8 Å². The zero-order valence-corrected chi connectivity index (χ0v) is 14.4. The molecule has 0 radical (unpaired) electrons. The Hall–Kier alpha value is -2.55. The number of phenols is 2. The van der Waals surface area contributed by atoms with Gasteiger partial charge in [-0.2, -0.15) is 0 Å². The summed E-state index contributed by atoms with van der Waals surface area (Å²) in [4.78, 5) is 37.4. The van der Waals surface area contributed by atoms with Crippen LogP contribution >= 0.6 is 11.3 Å². The van der Waals surface area contributed by atoms with Crippen molar-refractivity contribution in [1.29, 1.82) is 0 Å². The normalized spacial score (nSPS) is 24.0. The van der Waals surface area contributed by atoms with E-state index >= 15 is 0 Å². The fourth-order valence-corrected chi connectivity index (χ4v) is 4.58. The van der Waals surface area contributed by atoms with Crippen LogP contribution in [0.25, 0.3) is 0 Å². The molecule has 134 valence electrons. The van der Waals surface area contributed by atoms with E-state index in [1.54, 1.807) is 5.38 Å². The lowest BCUT2D eigenvalue weighted by atomic mass is 9.73. The highest BCUT2D eigenvalue weighted by atomic mass is 32.1. The van der Waals surface area contributed by atoms with E-state index in [0.29, 0.717) is 0 Å². The van der Waals surface area contributed by atoms with Gasteiger partial charge in [-0.25, -0.2) is 0 Å². The van der Waals surface area contributed by atoms with Gasteiger partial charge < -0.3 is 20.4 Å². The summed E-state index contributed by atoms with van der Waals surface area (Å²) in [6.45, 7) is 1.15. The molecule has 1 heterocycles. The maximum atomic E-state index is 12.7. The summed E-state index contributed by atoms with van der Waals surface area (Å²) in [6, 6.07) is 1.46. The molecule has 8 heteroatoms. The van der Waals surface area contributed by atoms with Gasteiger partial charge in [-0.15, -0.1) is 11.3 Å². The first kappa shape index (κ1) is 16.9. The van der Waals surface area contributed by atoms with E-state index < -0.39 is 40.6 Å². The van der Waals surface area contributed by atoms with Crippen LogP contribution in [-0.4, -0.2) is 43.4 Å². The Labute approximate surface area is 151 Å². The standard InChI is InChI=1S/C18H14O7S/c1-6(19)18(25)4-8-10(9(20)5-18)15(23)11-12(14(8)22)16(24)17-7(13(11)21)2-3-26-17/h2-3,9,20,22-23,25H,4-5H2,1H3/t9-,18-/m1/s1. The molecule has 2 aromatic rings. The molecule has 0 fully saturated rings. The molecule has 2 atom stereocenters. The summed E-state index contributed by atoms with van der Waals surface area (Å²) in [6.07, 6.45) is -2.23. The molecule has 0 aliphatic heterocycles. The first-order valence-corrected chi connectivity index (χ1v) is 8.74. The smallest absolute Gasteiger partial charge is 0.208 e. The topological polar surface area (TPSA) is 132 Å². The van der Waals surface area contributed by atoms with Crippen LogP contribution in [0.2, 0.25) is 0 Å². The van der Waals surface area contributed by atoms with Crippen molar-refractivity contribution >= 4 is 28.7 Å². The third-order valence-corrected chi connectivity index (χ3v) is 6.06. The third-order valence-electron chi connectivity index (χ3n) is 5.15. The zero-order valence-electron chi connectivity index (χ0n) is 13.6. The number of aliphatic hydroxyl groups excluding tert-OH is 1. The van der Waals surface area contributed by atoms with Crippen molar-refractivity contribution in [2.75, 3.05) is 0 Å². The van der Waals surface area contributed by atoms with Gasteiger partial charge in [0.2, 0.25) is 5.78 Å². The van der Waals surface area contributed by atoms with Gasteiger partial charge in [-0.1, -0.05) is 0 Å². The second-order valence-electron chi connectivity index (χ2n) is 6.65. The minimum atomic E-state index is -1.93. The van der Waals surface area contributed by atoms with Crippen LogP contribution in [0.1, 0.15) is 61.7 Å². The molecule has 1 aromatic carbocycles. The summed E-state index contributed by atoms with van der Waals surface area (Å²) in [5, 5.41) is 43.7. The van der Waals surface area contributed by atoms with Crippen LogP contribution in [0.3, 0.4) is 0 Å². The second kappa shape index (κ2) is 5.23. The van der Waals surface area contributed by atoms with Crippen LogP contribution in [0.5, 0.6) is 11.5 Å². The number of benzene rings is 1. The predicted molar refractivity (Wildman–Crippen MR) is 89.9 cm³/mol. The SMILES string of the molecule is CC(=O)[C@@]1(O)Cc2c(O)c3c(c(O)c2[C@H](O)C1)C(=O)c1ccsc1C3=O. The number of carbonyl (C=O) groups excluding carboxylic acids is 3. The number of carbonyl (C=O) groups is 3. The number of rotatable bonds is 1. The molecule has 2 aliphatic rings.